The lowest BCUT2D eigenvalue weighted by Crippen LogP contribution is -2.36. The van der Waals surface area contributed by atoms with Crippen molar-refractivity contribution in [3.63, 3.8) is 0 Å². The van der Waals surface area contributed by atoms with Crippen molar-refractivity contribution >= 4 is 38.6 Å². The van der Waals surface area contributed by atoms with E-state index in [4.69, 9.17) is 0 Å². The highest BCUT2D eigenvalue weighted by atomic mass is 32.1. The molecule has 0 aliphatic heterocycles. The van der Waals surface area contributed by atoms with E-state index < -0.39 is 11.9 Å². The first kappa shape index (κ1) is 21.8. The van der Waals surface area contributed by atoms with Crippen LogP contribution in [0.1, 0.15) is 41.8 Å². The van der Waals surface area contributed by atoms with Crippen molar-refractivity contribution in [2.45, 2.75) is 50.9 Å². The fourth-order valence-corrected chi connectivity index (χ4v) is 5.56. The van der Waals surface area contributed by atoms with Crippen LogP contribution in [0.5, 0.6) is 0 Å². The molecule has 0 spiro atoms. The lowest BCUT2D eigenvalue weighted by Gasteiger charge is -2.31. The minimum absolute atomic E-state index is 0.200. The molecule has 0 unspecified atom stereocenters. The molecule has 3 aromatic heterocycles. The minimum Gasteiger partial charge on any atom is -0.382 e. The zero-order valence-corrected chi connectivity index (χ0v) is 19.1. The average Bonchev–Trinajstić information content (AvgIpc) is 3.39. The summed E-state index contributed by atoms with van der Waals surface area (Å²) in [6.45, 7) is 6.36. The van der Waals surface area contributed by atoms with E-state index in [1.165, 1.54) is 20.1 Å². The molecule has 1 aliphatic rings. The Morgan fingerprint density at radius 2 is 1.85 bits per heavy atom. The Balaban J connectivity index is 1.20. The number of thiophene rings is 1. The number of fused-ring (bicyclic) bond motifs is 2. The van der Waals surface area contributed by atoms with Gasteiger partial charge in [-0.2, -0.15) is 13.2 Å². The van der Waals surface area contributed by atoms with E-state index in [1.807, 2.05) is 0 Å². The number of nitrogens with one attached hydrogen (secondary N) is 2. The summed E-state index contributed by atoms with van der Waals surface area (Å²) in [5.74, 6) is 0.636. The van der Waals surface area contributed by atoms with Gasteiger partial charge < -0.3 is 10.6 Å². The summed E-state index contributed by atoms with van der Waals surface area (Å²) in [5.41, 5.74) is 1.62. The first-order valence-corrected chi connectivity index (χ1v) is 11.9. The van der Waals surface area contributed by atoms with Gasteiger partial charge in [0.15, 0.2) is 5.69 Å². The van der Waals surface area contributed by atoms with Crippen LogP contribution >= 0.6 is 11.3 Å². The number of anilines is 1. The molecule has 172 valence electrons. The first-order valence-electron chi connectivity index (χ1n) is 11.0. The predicted octanol–water partition coefficient (Wildman–Crippen LogP) is 6.86. The number of pyridine rings is 1. The van der Waals surface area contributed by atoms with Crippen LogP contribution in [-0.4, -0.2) is 21.5 Å². The molecule has 1 fully saturated rings. The number of benzene rings is 1. The SMILES string of the molecule is C=C(NC1CCC(Nc2cccc3nc(C(F)(F)F)cn23)CC1)c1cc2ccc(C)cc2s1. The number of hydrogen-bond donors (Lipinski definition) is 2. The average molecular weight is 471 g/mol. The van der Waals surface area contributed by atoms with E-state index in [0.29, 0.717) is 11.9 Å². The standard InChI is InChI=1S/C25H25F3N4S/c1-15-6-7-17-13-20(33-21(17)12-15)16(2)29-18-8-10-19(11-9-18)30-23-4-3-5-24-31-22(14-32(23)24)25(26,27)28/h3-7,12-14,18-19,29-30H,2,8-11H2,1H3. The van der Waals surface area contributed by atoms with Crippen molar-refractivity contribution in [3.8, 4) is 0 Å². The van der Waals surface area contributed by atoms with E-state index >= 15 is 0 Å². The van der Waals surface area contributed by atoms with Gasteiger partial charge in [-0.1, -0.05) is 24.8 Å². The van der Waals surface area contributed by atoms with Gasteiger partial charge in [-0.25, -0.2) is 4.98 Å². The second-order valence-corrected chi connectivity index (χ2v) is 9.81. The lowest BCUT2D eigenvalue weighted by molar-refractivity contribution is -0.140. The molecule has 0 radical (unpaired) electrons. The quantitative estimate of drug-likeness (QED) is 0.335. The Bertz CT molecular complexity index is 1310. The molecule has 1 aromatic carbocycles. The number of halogens is 3. The summed E-state index contributed by atoms with van der Waals surface area (Å²) in [6.07, 6.45) is 0.383. The lowest BCUT2D eigenvalue weighted by atomic mass is 9.91. The molecule has 4 nitrogen and oxygen atoms in total. The van der Waals surface area contributed by atoms with Gasteiger partial charge in [0, 0.05) is 28.7 Å². The molecule has 1 aliphatic carbocycles. The summed E-state index contributed by atoms with van der Waals surface area (Å²) in [7, 11) is 0. The third kappa shape index (κ3) is 4.57. The Hall–Kier alpha value is -3.00. The van der Waals surface area contributed by atoms with Gasteiger partial charge in [-0.15, -0.1) is 11.3 Å². The summed E-state index contributed by atoms with van der Waals surface area (Å²) < 4.78 is 41.9. The molecule has 3 heterocycles. The Kier molecular flexibility index (Phi) is 5.56. The number of aromatic nitrogens is 2. The number of imidazole rings is 1. The Morgan fingerprint density at radius 1 is 1.09 bits per heavy atom. The number of alkyl halides is 3. The maximum Gasteiger partial charge on any atom is 0.434 e. The fraction of sp³-hybridized carbons (Fsp3) is 0.320. The second kappa shape index (κ2) is 8.41. The zero-order chi connectivity index (χ0) is 23.2. The molecule has 4 aromatic rings. The van der Waals surface area contributed by atoms with Crippen LogP contribution in [0.25, 0.3) is 21.4 Å². The smallest absolute Gasteiger partial charge is 0.382 e. The molecule has 0 saturated heterocycles. The van der Waals surface area contributed by atoms with Crippen molar-refractivity contribution < 1.29 is 13.2 Å². The molecule has 5 rings (SSSR count). The predicted molar refractivity (Wildman–Crippen MR) is 129 cm³/mol. The minimum atomic E-state index is -4.46. The van der Waals surface area contributed by atoms with Crippen LogP contribution in [-0.2, 0) is 6.18 Å². The van der Waals surface area contributed by atoms with Crippen molar-refractivity contribution in [2.75, 3.05) is 5.32 Å². The Labute approximate surface area is 194 Å². The molecular formula is C25H25F3N4S. The van der Waals surface area contributed by atoms with Gasteiger partial charge in [-0.3, -0.25) is 4.40 Å². The topological polar surface area (TPSA) is 41.4 Å². The number of hydrogen-bond acceptors (Lipinski definition) is 4. The van der Waals surface area contributed by atoms with Crippen LogP contribution < -0.4 is 10.6 Å². The molecule has 0 amide bonds. The van der Waals surface area contributed by atoms with Gasteiger partial charge in [0.1, 0.15) is 11.5 Å². The maximum absolute atomic E-state index is 13.1. The third-order valence-corrected chi connectivity index (χ3v) is 7.37. The molecule has 0 bridgehead atoms. The zero-order valence-electron chi connectivity index (χ0n) is 18.2. The second-order valence-electron chi connectivity index (χ2n) is 8.73. The fourth-order valence-electron chi connectivity index (χ4n) is 4.46. The van der Waals surface area contributed by atoms with Crippen LogP contribution in [0, 0.1) is 6.92 Å². The third-order valence-electron chi connectivity index (χ3n) is 6.21. The van der Waals surface area contributed by atoms with E-state index in [1.54, 1.807) is 29.5 Å². The highest BCUT2D eigenvalue weighted by Crippen LogP contribution is 2.32. The van der Waals surface area contributed by atoms with Crippen LogP contribution in [0.15, 0.2) is 55.2 Å². The van der Waals surface area contributed by atoms with E-state index in [9.17, 15) is 13.2 Å². The number of aryl methyl sites for hydroxylation is 1. The first-order chi connectivity index (χ1) is 15.8. The van der Waals surface area contributed by atoms with Gasteiger partial charge in [0.25, 0.3) is 0 Å². The van der Waals surface area contributed by atoms with Gasteiger partial charge >= 0.3 is 6.18 Å². The largest absolute Gasteiger partial charge is 0.434 e. The highest BCUT2D eigenvalue weighted by molar-refractivity contribution is 7.20. The summed E-state index contributed by atoms with van der Waals surface area (Å²) in [6, 6.07) is 14.3. The normalized spacial score (nSPS) is 19.2. The van der Waals surface area contributed by atoms with E-state index in [2.05, 4.69) is 53.4 Å². The molecule has 1 saturated carbocycles. The van der Waals surface area contributed by atoms with Crippen molar-refractivity contribution in [3.05, 3.63) is 71.4 Å². The van der Waals surface area contributed by atoms with Gasteiger partial charge in [-0.05, 0) is 67.8 Å². The molecular weight excluding hydrogens is 445 g/mol. The van der Waals surface area contributed by atoms with Crippen molar-refractivity contribution in [2.24, 2.45) is 0 Å². The number of rotatable bonds is 5. The van der Waals surface area contributed by atoms with Crippen LogP contribution in [0.2, 0.25) is 0 Å². The van der Waals surface area contributed by atoms with Crippen LogP contribution in [0.3, 0.4) is 0 Å². The summed E-state index contributed by atoms with van der Waals surface area (Å²) >= 11 is 1.75. The monoisotopic (exact) mass is 470 g/mol. The summed E-state index contributed by atoms with van der Waals surface area (Å²) in [4.78, 5) is 4.87. The highest BCUT2D eigenvalue weighted by Gasteiger charge is 2.34. The van der Waals surface area contributed by atoms with Gasteiger partial charge in [0.2, 0.25) is 0 Å². The van der Waals surface area contributed by atoms with E-state index in [-0.39, 0.29) is 11.7 Å². The van der Waals surface area contributed by atoms with Gasteiger partial charge in [0.05, 0.1) is 4.88 Å². The maximum atomic E-state index is 13.1. The molecule has 8 heteroatoms. The molecule has 2 N–H and O–H groups in total. The molecule has 0 atom stereocenters. The van der Waals surface area contributed by atoms with E-state index in [0.717, 1.165) is 42.5 Å². The number of nitrogens with zero attached hydrogens (tertiary/aromatic N) is 2. The molecule has 33 heavy (non-hydrogen) atoms. The Morgan fingerprint density at radius 3 is 2.61 bits per heavy atom. The summed E-state index contributed by atoms with van der Waals surface area (Å²) in [5, 5.41) is 8.25. The van der Waals surface area contributed by atoms with Crippen LogP contribution in [0.4, 0.5) is 19.0 Å². The van der Waals surface area contributed by atoms with Crippen molar-refractivity contribution in [1.29, 1.82) is 0 Å². The van der Waals surface area contributed by atoms with Crippen molar-refractivity contribution in [1.82, 2.24) is 14.7 Å².